The van der Waals surface area contributed by atoms with Crippen molar-refractivity contribution in [2.75, 3.05) is 0 Å². The molecule has 2 rings (SSSR count). The molecule has 0 fully saturated rings. The number of halogens is 4. The maximum absolute atomic E-state index is 13.3. The zero-order valence-corrected chi connectivity index (χ0v) is 13.0. The van der Waals surface area contributed by atoms with Crippen molar-refractivity contribution in [3.8, 4) is 11.5 Å². The molecular formula is C13H8Br2ClFO. The summed E-state index contributed by atoms with van der Waals surface area (Å²) < 4.78 is 19.5. The number of hydrogen-bond acceptors (Lipinski definition) is 1. The average Bonchev–Trinajstić information content (AvgIpc) is 2.30. The van der Waals surface area contributed by atoms with Crippen LogP contribution in [0.4, 0.5) is 4.39 Å². The lowest BCUT2D eigenvalue weighted by atomic mass is 10.2. The molecular weight excluding hydrogens is 386 g/mol. The summed E-state index contributed by atoms with van der Waals surface area (Å²) in [4.78, 5) is 0. The second kappa shape index (κ2) is 6.04. The van der Waals surface area contributed by atoms with Crippen LogP contribution in [-0.4, -0.2) is 0 Å². The molecule has 0 aliphatic heterocycles. The average molecular weight is 394 g/mol. The van der Waals surface area contributed by atoms with Crippen LogP contribution < -0.4 is 4.74 Å². The summed E-state index contributed by atoms with van der Waals surface area (Å²) in [7, 11) is 0. The highest BCUT2D eigenvalue weighted by molar-refractivity contribution is 9.10. The molecule has 0 atom stereocenters. The molecule has 0 heterocycles. The van der Waals surface area contributed by atoms with Crippen molar-refractivity contribution < 1.29 is 9.13 Å². The molecule has 1 nitrogen and oxygen atoms in total. The van der Waals surface area contributed by atoms with Gasteiger partial charge >= 0.3 is 0 Å². The Morgan fingerprint density at radius 1 is 1.22 bits per heavy atom. The fraction of sp³-hybridized carbons (Fsp3) is 0.0769. The standard InChI is InChI=1S/C13H8Br2ClFO/c14-7-8-2-1-3-12(16)13(8)18-11-5-9(15)4-10(17)6-11/h1-6H,7H2. The molecule has 0 unspecified atom stereocenters. The van der Waals surface area contributed by atoms with Gasteiger partial charge in [-0.15, -0.1) is 0 Å². The Labute approximate surface area is 126 Å². The van der Waals surface area contributed by atoms with Crippen LogP contribution in [0.1, 0.15) is 5.56 Å². The number of hydrogen-bond donors (Lipinski definition) is 0. The summed E-state index contributed by atoms with van der Waals surface area (Å²) in [6.07, 6.45) is 0. The first kappa shape index (κ1) is 13.8. The molecule has 2 aromatic carbocycles. The molecule has 0 aliphatic rings. The number of rotatable bonds is 3. The molecule has 0 amide bonds. The summed E-state index contributed by atoms with van der Waals surface area (Å²) in [6.45, 7) is 0. The largest absolute Gasteiger partial charge is 0.455 e. The second-order valence-electron chi connectivity index (χ2n) is 3.57. The molecule has 0 saturated carbocycles. The van der Waals surface area contributed by atoms with E-state index < -0.39 is 0 Å². The topological polar surface area (TPSA) is 9.23 Å². The molecule has 0 N–H and O–H groups in total. The quantitative estimate of drug-likeness (QED) is 0.587. The van der Waals surface area contributed by atoms with E-state index in [1.807, 2.05) is 12.1 Å². The highest BCUT2D eigenvalue weighted by Crippen LogP contribution is 2.35. The first-order valence-corrected chi connectivity index (χ1v) is 7.36. The Kier molecular flexibility index (Phi) is 4.65. The molecule has 18 heavy (non-hydrogen) atoms. The summed E-state index contributed by atoms with van der Waals surface area (Å²) in [6, 6.07) is 9.83. The second-order valence-corrected chi connectivity index (χ2v) is 5.45. The maximum Gasteiger partial charge on any atom is 0.150 e. The minimum absolute atomic E-state index is 0.369. The van der Waals surface area contributed by atoms with E-state index in [0.29, 0.717) is 26.3 Å². The van der Waals surface area contributed by atoms with Gasteiger partial charge in [0, 0.05) is 21.4 Å². The van der Waals surface area contributed by atoms with Crippen LogP contribution in [-0.2, 0) is 5.33 Å². The highest BCUT2D eigenvalue weighted by atomic mass is 79.9. The summed E-state index contributed by atoms with van der Waals surface area (Å²) in [5, 5.41) is 1.10. The first-order valence-electron chi connectivity index (χ1n) is 5.07. The van der Waals surface area contributed by atoms with Gasteiger partial charge in [0.25, 0.3) is 0 Å². The van der Waals surface area contributed by atoms with Gasteiger partial charge in [-0.05, 0) is 18.2 Å². The molecule has 94 valence electrons. The van der Waals surface area contributed by atoms with Gasteiger partial charge in [-0.25, -0.2) is 4.39 Å². The fourth-order valence-electron chi connectivity index (χ4n) is 1.48. The van der Waals surface area contributed by atoms with Crippen LogP contribution in [0, 0.1) is 5.82 Å². The van der Waals surface area contributed by atoms with Crippen LogP contribution in [0.5, 0.6) is 11.5 Å². The van der Waals surface area contributed by atoms with E-state index in [1.165, 1.54) is 12.1 Å². The number of alkyl halides is 1. The molecule has 0 saturated heterocycles. The monoisotopic (exact) mass is 392 g/mol. The Morgan fingerprint density at radius 3 is 2.67 bits per heavy atom. The van der Waals surface area contributed by atoms with Crippen molar-refractivity contribution in [1.82, 2.24) is 0 Å². The Morgan fingerprint density at radius 2 is 2.00 bits per heavy atom. The number of benzene rings is 2. The van der Waals surface area contributed by atoms with E-state index >= 15 is 0 Å². The third-order valence-corrected chi connectivity index (χ3v) is 3.61. The van der Waals surface area contributed by atoms with Crippen molar-refractivity contribution >= 4 is 43.5 Å². The van der Waals surface area contributed by atoms with Gasteiger partial charge in [-0.3, -0.25) is 0 Å². The van der Waals surface area contributed by atoms with E-state index in [1.54, 1.807) is 12.1 Å². The SMILES string of the molecule is Fc1cc(Br)cc(Oc2c(Cl)cccc2CBr)c1. The molecule has 2 aromatic rings. The molecule has 0 radical (unpaired) electrons. The zero-order valence-electron chi connectivity index (χ0n) is 9.09. The first-order chi connectivity index (χ1) is 8.60. The molecule has 0 bridgehead atoms. The van der Waals surface area contributed by atoms with E-state index in [-0.39, 0.29) is 5.82 Å². The zero-order chi connectivity index (χ0) is 13.1. The summed E-state index contributed by atoms with van der Waals surface area (Å²) in [5.74, 6) is 0.567. The van der Waals surface area contributed by atoms with Crippen molar-refractivity contribution in [2.24, 2.45) is 0 Å². The minimum Gasteiger partial charge on any atom is -0.455 e. The number of para-hydroxylation sites is 1. The molecule has 5 heteroatoms. The lowest BCUT2D eigenvalue weighted by Gasteiger charge is -2.11. The highest BCUT2D eigenvalue weighted by Gasteiger charge is 2.10. The fourth-order valence-corrected chi connectivity index (χ4v) is 2.60. The lowest BCUT2D eigenvalue weighted by molar-refractivity contribution is 0.472. The molecule has 0 aliphatic carbocycles. The molecule has 0 spiro atoms. The normalized spacial score (nSPS) is 10.4. The third kappa shape index (κ3) is 3.25. The predicted molar refractivity (Wildman–Crippen MR) is 78.3 cm³/mol. The van der Waals surface area contributed by atoms with Gasteiger partial charge < -0.3 is 4.74 Å². The van der Waals surface area contributed by atoms with Crippen LogP contribution in [0.2, 0.25) is 5.02 Å². The molecule has 0 aromatic heterocycles. The third-order valence-electron chi connectivity index (χ3n) is 2.25. The summed E-state index contributed by atoms with van der Waals surface area (Å²) in [5.41, 5.74) is 0.905. The van der Waals surface area contributed by atoms with Gasteiger partial charge in [0.1, 0.15) is 17.3 Å². The van der Waals surface area contributed by atoms with Crippen molar-refractivity contribution in [3.63, 3.8) is 0 Å². The predicted octanol–water partition coefficient (Wildman–Crippen LogP) is 5.93. The lowest BCUT2D eigenvalue weighted by Crippen LogP contribution is -1.91. The van der Waals surface area contributed by atoms with Gasteiger partial charge in [-0.1, -0.05) is 55.6 Å². The van der Waals surface area contributed by atoms with E-state index in [2.05, 4.69) is 31.9 Å². The van der Waals surface area contributed by atoms with Gasteiger partial charge in [-0.2, -0.15) is 0 Å². The van der Waals surface area contributed by atoms with E-state index in [4.69, 9.17) is 16.3 Å². The minimum atomic E-state index is -0.369. The van der Waals surface area contributed by atoms with Crippen LogP contribution >= 0.6 is 43.5 Å². The van der Waals surface area contributed by atoms with Gasteiger partial charge in [0.2, 0.25) is 0 Å². The summed E-state index contributed by atoms with van der Waals surface area (Å²) >= 11 is 12.7. The Balaban J connectivity index is 2.39. The van der Waals surface area contributed by atoms with Crippen molar-refractivity contribution in [3.05, 3.63) is 57.3 Å². The number of ether oxygens (including phenoxy) is 1. The van der Waals surface area contributed by atoms with Crippen LogP contribution in [0.15, 0.2) is 40.9 Å². The van der Waals surface area contributed by atoms with Gasteiger partial charge in [0.05, 0.1) is 5.02 Å². The van der Waals surface area contributed by atoms with Crippen LogP contribution in [0.25, 0.3) is 0 Å². The van der Waals surface area contributed by atoms with Crippen molar-refractivity contribution in [1.29, 1.82) is 0 Å². The van der Waals surface area contributed by atoms with Gasteiger partial charge in [0.15, 0.2) is 0 Å². The van der Waals surface area contributed by atoms with Crippen molar-refractivity contribution in [2.45, 2.75) is 5.33 Å². The van der Waals surface area contributed by atoms with E-state index in [9.17, 15) is 4.39 Å². The van der Waals surface area contributed by atoms with Crippen LogP contribution in [0.3, 0.4) is 0 Å². The Bertz CT molecular complexity index is 555. The van der Waals surface area contributed by atoms with E-state index in [0.717, 1.165) is 5.56 Å². The smallest absolute Gasteiger partial charge is 0.150 e. The Hall–Kier alpha value is -0.580. The maximum atomic E-state index is 13.3.